The molecule has 0 saturated carbocycles. The summed E-state index contributed by atoms with van der Waals surface area (Å²) in [5.74, 6) is -0.156. The van der Waals surface area contributed by atoms with Crippen LogP contribution in [0.4, 0.5) is 5.13 Å². The van der Waals surface area contributed by atoms with Crippen molar-refractivity contribution in [2.75, 3.05) is 18.4 Å². The number of furan rings is 1. The molecular weight excluding hydrogens is 410 g/mol. The van der Waals surface area contributed by atoms with Crippen LogP contribution in [0.2, 0.25) is 0 Å². The van der Waals surface area contributed by atoms with Gasteiger partial charge in [0.15, 0.2) is 10.9 Å². The fraction of sp³-hybridized carbons (Fsp3) is 0.300. The SMILES string of the molecule is CC.O=C(Nc1nc(-c2ccc(S(=O)(=O)N3CCCC3)cc2)cs1)c1ccco1.[HH]. The van der Waals surface area contributed by atoms with Gasteiger partial charge in [-0.05, 0) is 37.1 Å². The van der Waals surface area contributed by atoms with E-state index in [-0.39, 0.29) is 18.0 Å². The van der Waals surface area contributed by atoms with E-state index >= 15 is 0 Å². The molecule has 3 heterocycles. The van der Waals surface area contributed by atoms with Crippen LogP contribution in [-0.2, 0) is 10.0 Å². The zero-order valence-electron chi connectivity index (χ0n) is 16.3. The van der Waals surface area contributed by atoms with Crippen LogP contribution in [0, 0.1) is 0 Å². The highest BCUT2D eigenvalue weighted by molar-refractivity contribution is 7.89. The third-order valence-corrected chi connectivity index (χ3v) is 6.99. The van der Waals surface area contributed by atoms with Crippen molar-refractivity contribution in [2.24, 2.45) is 0 Å². The smallest absolute Gasteiger partial charge is 0.293 e. The summed E-state index contributed by atoms with van der Waals surface area (Å²) in [6, 6.07) is 9.88. The second kappa shape index (κ2) is 9.34. The quantitative estimate of drug-likeness (QED) is 0.626. The molecule has 0 radical (unpaired) electrons. The first-order chi connectivity index (χ1) is 14.0. The number of amides is 1. The van der Waals surface area contributed by atoms with Gasteiger partial charge in [-0.15, -0.1) is 11.3 Å². The third-order valence-electron chi connectivity index (χ3n) is 4.32. The first-order valence-electron chi connectivity index (χ1n) is 9.45. The van der Waals surface area contributed by atoms with Gasteiger partial charge < -0.3 is 4.42 Å². The lowest BCUT2D eigenvalue weighted by molar-refractivity contribution is 0.0996. The van der Waals surface area contributed by atoms with E-state index in [0.29, 0.717) is 23.9 Å². The number of anilines is 1. The molecule has 0 aliphatic carbocycles. The zero-order valence-corrected chi connectivity index (χ0v) is 17.9. The average molecular weight is 436 g/mol. The minimum absolute atomic E-state index is 0. The maximum atomic E-state index is 12.6. The first-order valence-corrected chi connectivity index (χ1v) is 11.8. The first kappa shape index (κ1) is 21.2. The lowest BCUT2D eigenvalue weighted by Gasteiger charge is -2.15. The van der Waals surface area contributed by atoms with E-state index in [1.807, 2.05) is 19.2 Å². The van der Waals surface area contributed by atoms with Crippen molar-refractivity contribution in [2.45, 2.75) is 31.6 Å². The van der Waals surface area contributed by atoms with Crippen molar-refractivity contribution in [3.63, 3.8) is 0 Å². The lowest BCUT2D eigenvalue weighted by atomic mass is 10.2. The summed E-state index contributed by atoms with van der Waals surface area (Å²) in [7, 11) is -3.43. The van der Waals surface area contributed by atoms with E-state index in [9.17, 15) is 13.2 Å². The molecule has 156 valence electrons. The Bertz CT molecular complexity index is 1040. The van der Waals surface area contributed by atoms with Crippen molar-refractivity contribution in [3.8, 4) is 11.3 Å². The normalized spacial score (nSPS) is 14.3. The van der Waals surface area contributed by atoms with Crippen LogP contribution >= 0.6 is 11.3 Å². The van der Waals surface area contributed by atoms with Gasteiger partial charge in [-0.2, -0.15) is 4.31 Å². The second-order valence-electron chi connectivity index (χ2n) is 6.10. The van der Waals surface area contributed by atoms with Gasteiger partial charge in [-0.1, -0.05) is 26.0 Å². The Morgan fingerprint density at radius 1 is 1.17 bits per heavy atom. The number of hydrogen-bond donors (Lipinski definition) is 1. The Labute approximate surface area is 175 Å². The van der Waals surface area contributed by atoms with E-state index < -0.39 is 10.0 Å². The minimum atomic E-state index is -3.43. The van der Waals surface area contributed by atoms with E-state index in [2.05, 4.69) is 10.3 Å². The predicted octanol–water partition coefficient (Wildman–Crippen LogP) is 4.71. The summed E-state index contributed by atoms with van der Waals surface area (Å²) in [6.45, 7) is 5.16. The molecule has 0 atom stereocenters. The minimum Gasteiger partial charge on any atom is -0.459 e. The molecule has 1 amide bonds. The standard InChI is InChI=1S/C18H17N3O4S2.C2H6.H2/c22-17(16-4-3-11-25-16)20-18-19-15(12-26-18)13-5-7-14(8-6-13)27(23,24)21-9-1-2-10-21;1-2;/h3-8,11-12H,1-2,9-10H2,(H,19,20,22);1-2H3;1H. The Kier molecular flexibility index (Phi) is 6.83. The van der Waals surface area contributed by atoms with Gasteiger partial charge in [-0.25, -0.2) is 13.4 Å². The maximum Gasteiger partial charge on any atom is 0.293 e. The van der Waals surface area contributed by atoms with Gasteiger partial charge in [0.2, 0.25) is 10.0 Å². The van der Waals surface area contributed by atoms with E-state index in [0.717, 1.165) is 18.4 Å². The van der Waals surface area contributed by atoms with Crippen LogP contribution in [0.3, 0.4) is 0 Å². The molecule has 29 heavy (non-hydrogen) atoms. The largest absolute Gasteiger partial charge is 0.459 e. The van der Waals surface area contributed by atoms with Gasteiger partial charge >= 0.3 is 0 Å². The molecule has 7 nitrogen and oxygen atoms in total. The molecule has 0 unspecified atom stereocenters. The number of benzene rings is 1. The number of carbonyl (C=O) groups excluding carboxylic acids is 1. The van der Waals surface area contributed by atoms with Crippen LogP contribution in [0.15, 0.2) is 57.4 Å². The summed E-state index contributed by atoms with van der Waals surface area (Å²) < 4.78 is 31.7. The molecule has 1 aliphatic rings. The molecule has 0 bridgehead atoms. The topological polar surface area (TPSA) is 92.5 Å². The van der Waals surface area contributed by atoms with Gasteiger partial charge in [-0.3, -0.25) is 10.1 Å². The van der Waals surface area contributed by atoms with Gasteiger partial charge in [0.1, 0.15) is 0 Å². The fourth-order valence-electron chi connectivity index (χ4n) is 2.91. The van der Waals surface area contributed by atoms with E-state index in [1.165, 1.54) is 21.9 Å². The van der Waals surface area contributed by atoms with Crippen molar-refractivity contribution >= 4 is 32.4 Å². The highest BCUT2D eigenvalue weighted by Gasteiger charge is 2.27. The number of nitrogens with zero attached hydrogens (tertiary/aromatic N) is 2. The number of aromatic nitrogens is 1. The Balaban J connectivity index is 0.00000104. The molecule has 3 aromatic rings. The summed E-state index contributed by atoms with van der Waals surface area (Å²) in [5, 5.41) is 4.93. The molecule has 1 N–H and O–H groups in total. The summed E-state index contributed by atoms with van der Waals surface area (Å²) in [6.07, 6.45) is 3.24. The molecule has 0 spiro atoms. The predicted molar refractivity (Wildman–Crippen MR) is 116 cm³/mol. The summed E-state index contributed by atoms with van der Waals surface area (Å²) in [5.41, 5.74) is 1.45. The van der Waals surface area contributed by atoms with Gasteiger partial charge in [0.25, 0.3) is 5.91 Å². The lowest BCUT2D eigenvalue weighted by Crippen LogP contribution is -2.27. The van der Waals surface area contributed by atoms with Crippen LogP contribution in [-0.4, -0.2) is 36.7 Å². The Morgan fingerprint density at radius 3 is 2.48 bits per heavy atom. The monoisotopic (exact) mass is 435 g/mol. The third kappa shape index (κ3) is 4.75. The number of carbonyl (C=O) groups is 1. The molecule has 1 aliphatic heterocycles. The number of hydrogen-bond acceptors (Lipinski definition) is 6. The molecule has 9 heteroatoms. The fourth-order valence-corrected chi connectivity index (χ4v) is 5.14. The molecule has 1 aromatic carbocycles. The second-order valence-corrected chi connectivity index (χ2v) is 8.90. The van der Waals surface area contributed by atoms with Crippen LogP contribution in [0.1, 0.15) is 38.7 Å². The van der Waals surface area contributed by atoms with Crippen LogP contribution in [0.25, 0.3) is 11.3 Å². The Morgan fingerprint density at radius 2 is 1.86 bits per heavy atom. The van der Waals surface area contributed by atoms with Crippen molar-refractivity contribution < 1.29 is 19.1 Å². The van der Waals surface area contributed by atoms with Gasteiger partial charge in [0.05, 0.1) is 16.9 Å². The molecular formula is C20H25N3O4S2. The van der Waals surface area contributed by atoms with Crippen molar-refractivity contribution in [3.05, 3.63) is 53.8 Å². The van der Waals surface area contributed by atoms with E-state index in [1.54, 1.807) is 36.4 Å². The van der Waals surface area contributed by atoms with Crippen molar-refractivity contribution in [1.29, 1.82) is 0 Å². The maximum absolute atomic E-state index is 12.6. The molecule has 1 fully saturated rings. The number of rotatable bonds is 5. The zero-order chi connectivity index (χ0) is 20.9. The van der Waals surface area contributed by atoms with Crippen LogP contribution < -0.4 is 5.32 Å². The summed E-state index contributed by atoms with van der Waals surface area (Å²) in [4.78, 5) is 16.7. The number of sulfonamides is 1. The van der Waals surface area contributed by atoms with Gasteiger partial charge in [0, 0.05) is 25.5 Å². The van der Waals surface area contributed by atoms with Crippen molar-refractivity contribution in [1.82, 2.24) is 9.29 Å². The summed E-state index contributed by atoms with van der Waals surface area (Å²) >= 11 is 1.29. The highest BCUT2D eigenvalue weighted by atomic mass is 32.2. The molecule has 2 aromatic heterocycles. The van der Waals surface area contributed by atoms with E-state index in [4.69, 9.17) is 4.42 Å². The Hall–Kier alpha value is -2.49. The number of thiazole rings is 1. The number of nitrogens with one attached hydrogen (secondary N) is 1. The molecule has 4 rings (SSSR count). The molecule has 1 saturated heterocycles. The highest BCUT2D eigenvalue weighted by Crippen LogP contribution is 2.27. The van der Waals surface area contributed by atoms with Crippen LogP contribution in [0.5, 0.6) is 0 Å². The average Bonchev–Trinajstić information content (AvgIpc) is 3.52.